The van der Waals surface area contributed by atoms with Crippen LogP contribution in [0, 0.1) is 13.8 Å². The Morgan fingerprint density at radius 3 is 1.92 bits per heavy atom. The Balaban J connectivity index is 0.000000145. The fourth-order valence-electron chi connectivity index (χ4n) is 0.957. The maximum Gasteiger partial charge on any atom is 0.0345 e. The molecule has 0 radical (unpaired) electrons. The Bertz CT molecular complexity index is 252. The molecule has 0 atom stereocenters. The minimum absolute atomic E-state index is 0.958. The third-order valence-corrected chi connectivity index (χ3v) is 1.95. The van der Waals surface area contributed by atoms with Crippen LogP contribution in [-0.2, 0) is 0 Å². The minimum atomic E-state index is 0.958. The molecule has 0 aromatic heterocycles. The second-order valence-corrected chi connectivity index (χ2v) is 3.01. The van der Waals surface area contributed by atoms with E-state index >= 15 is 0 Å². The fourth-order valence-corrected chi connectivity index (χ4v) is 0.957. The molecule has 1 aliphatic heterocycles. The van der Waals surface area contributed by atoms with E-state index in [1.807, 2.05) is 12.3 Å². The Labute approximate surface area is 79.6 Å². The van der Waals surface area contributed by atoms with Crippen LogP contribution in [0.3, 0.4) is 0 Å². The predicted octanol–water partition coefficient (Wildman–Crippen LogP) is 1.91. The molecular formula is C11H16N2. The van der Waals surface area contributed by atoms with Gasteiger partial charge in [0, 0.05) is 12.7 Å². The van der Waals surface area contributed by atoms with Gasteiger partial charge >= 0.3 is 0 Å². The molecule has 0 unspecified atom stereocenters. The van der Waals surface area contributed by atoms with Crippen LogP contribution in [0.5, 0.6) is 0 Å². The van der Waals surface area contributed by atoms with Gasteiger partial charge in [-0.25, -0.2) is 5.43 Å². The highest BCUT2D eigenvalue weighted by Gasteiger charge is 1.83. The summed E-state index contributed by atoms with van der Waals surface area (Å²) in [5, 5.41) is 0. The Morgan fingerprint density at radius 2 is 1.69 bits per heavy atom. The maximum atomic E-state index is 2.86. The molecular weight excluding hydrogens is 160 g/mol. The highest BCUT2D eigenvalue weighted by Crippen LogP contribution is 2.02. The van der Waals surface area contributed by atoms with Gasteiger partial charge in [0.1, 0.15) is 0 Å². The molecule has 1 heterocycles. The number of hydrogen-bond donors (Lipinski definition) is 2. The van der Waals surface area contributed by atoms with Crippen molar-refractivity contribution in [1.29, 1.82) is 0 Å². The predicted molar refractivity (Wildman–Crippen MR) is 56.2 cm³/mol. The van der Waals surface area contributed by atoms with Crippen molar-refractivity contribution in [2.45, 2.75) is 13.8 Å². The SMILES string of the molecule is C1=CNNC1.Cc1ccccc1C. The van der Waals surface area contributed by atoms with Gasteiger partial charge in [0.25, 0.3) is 0 Å². The Morgan fingerprint density at radius 1 is 1.08 bits per heavy atom. The summed E-state index contributed by atoms with van der Waals surface area (Å²) < 4.78 is 0. The lowest BCUT2D eigenvalue weighted by atomic mass is 10.1. The fraction of sp³-hybridized carbons (Fsp3) is 0.273. The van der Waals surface area contributed by atoms with Crippen molar-refractivity contribution in [1.82, 2.24) is 10.9 Å². The summed E-state index contributed by atoms with van der Waals surface area (Å²) in [5.41, 5.74) is 8.39. The van der Waals surface area contributed by atoms with Gasteiger partial charge in [-0.1, -0.05) is 30.3 Å². The monoisotopic (exact) mass is 176 g/mol. The quantitative estimate of drug-likeness (QED) is 0.631. The number of hydrazine groups is 1. The van der Waals surface area contributed by atoms with Gasteiger partial charge in [-0.15, -0.1) is 0 Å². The molecule has 0 amide bonds. The lowest BCUT2D eigenvalue weighted by Gasteiger charge is -1.93. The average molecular weight is 176 g/mol. The molecule has 0 fully saturated rings. The number of rotatable bonds is 0. The summed E-state index contributed by atoms with van der Waals surface area (Å²) in [7, 11) is 0. The van der Waals surface area contributed by atoms with Crippen LogP contribution in [0.1, 0.15) is 11.1 Å². The van der Waals surface area contributed by atoms with Crippen LogP contribution in [-0.4, -0.2) is 6.54 Å². The molecule has 70 valence electrons. The van der Waals surface area contributed by atoms with Crippen molar-refractivity contribution < 1.29 is 0 Å². The zero-order valence-electron chi connectivity index (χ0n) is 8.17. The van der Waals surface area contributed by atoms with E-state index in [0.717, 1.165) is 6.54 Å². The van der Waals surface area contributed by atoms with Crippen molar-refractivity contribution in [2.75, 3.05) is 6.54 Å². The number of aryl methyl sites for hydroxylation is 2. The minimum Gasteiger partial charge on any atom is -0.329 e. The first-order valence-corrected chi connectivity index (χ1v) is 4.46. The van der Waals surface area contributed by atoms with Gasteiger partial charge in [0.2, 0.25) is 0 Å². The summed E-state index contributed by atoms with van der Waals surface area (Å²) in [6.07, 6.45) is 3.89. The van der Waals surface area contributed by atoms with Gasteiger partial charge in [0.05, 0.1) is 0 Å². The summed E-state index contributed by atoms with van der Waals surface area (Å²) in [6.45, 7) is 5.20. The van der Waals surface area contributed by atoms with Gasteiger partial charge in [0.15, 0.2) is 0 Å². The van der Waals surface area contributed by atoms with Crippen molar-refractivity contribution >= 4 is 0 Å². The van der Waals surface area contributed by atoms with E-state index in [1.54, 1.807) is 0 Å². The highest BCUT2D eigenvalue weighted by molar-refractivity contribution is 5.23. The second kappa shape index (κ2) is 5.38. The van der Waals surface area contributed by atoms with Crippen molar-refractivity contribution in [2.24, 2.45) is 0 Å². The standard InChI is InChI=1S/C8H10.C3H6N2/c1-7-5-3-4-6-8(7)2;1-2-4-5-3-1/h3-6H,1-2H3;1-2,4-5H,3H2. The molecule has 1 aromatic carbocycles. The summed E-state index contributed by atoms with van der Waals surface area (Å²) in [5.74, 6) is 0. The number of hydrogen-bond acceptors (Lipinski definition) is 2. The third-order valence-electron chi connectivity index (χ3n) is 1.95. The largest absolute Gasteiger partial charge is 0.329 e. The summed E-state index contributed by atoms with van der Waals surface area (Å²) >= 11 is 0. The molecule has 2 rings (SSSR count). The van der Waals surface area contributed by atoms with Crippen LogP contribution < -0.4 is 10.9 Å². The van der Waals surface area contributed by atoms with Crippen molar-refractivity contribution in [3.05, 3.63) is 47.7 Å². The number of benzene rings is 1. The summed E-state index contributed by atoms with van der Waals surface area (Å²) in [6, 6.07) is 8.36. The van der Waals surface area contributed by atoms with E-state index in [9.17, 15) is 0 Å². The topological polar surface area (TPSA) is 24.1 Å². The molecule has 0 saturated carbocycles. The smallest absolute Gasteiger partial charge is 0.0345 e. The third kappa shape index (κ3) is 3.76. The van der Waals surface area contributed by atoms with E-state index in [1.165, 1.54) is 11.1 Å². The van der Waals surface area contributed by atoms with Crippen molar-refractivity contribution in [3.8, 4) is 0 Å². The Kier molecular flexibility index (Phi) is 4.06. The zero-order valence-corrected chi connectivity index (χ0v) is 8.17. The molecule has 0 spiro atoms. The normalized spacial score (nSPS) is 13.1. The molecule has 1 aromatic rings. The maximum absolute atomic E-state index is 2.86. The molecule has 0 bridgehead atoms. The van der Waals surface area contributed by atoms with E-state index < -0.39 is 0 Å². The number of nitrogens with one attached hydrogen (secondary N) is 2. The Hall–Kier alpha value is -1.28. The molecule has 0 saturated heterocycles. The van der Waals surface area contributed by atoms with E-state index in [2.05, 4.69) is 49.0 Å². The lowest BCUT2D eigenvalue weighted by molar-refractivity contribution is 0.727. The van der Waals surface area contributed by atoms with Gasteiger partial charge in [-0.3, -0.25) is 0 Å². The zero-order chi connectivity index (χ0) is 9.52. The first-order chi connectivity index (χ1) is 6.30. The van der Waals surface area contributed by atoms with Crippen LogP contribution >= 0.6 is 0 Å². The summed E-state index contributed by atoms with van der Waals surface area (Å²) in [4.78, 5) is 0. The van der Waals surface area contributed by atoms with Crippen LogP contribution in [0.4, 0.5) is 0 Å². The molecule has 1 aliphatic rings. The lowest BCUT2D eigenvalue weighted by Crippen LogP contribution is -2.19. The van der Waals surface area contributed by atoms with E-state index in [-0.39, 0.29) is 0 Å². The van der Waals surface area contributed by atoms with Crippen LogP contribution in [0.25, 0.3) is 0 Å². The molecule has 2 nitrogen and oxygen atoms in total. The first kappa shape index (κ1) is 9.81. The van der Waals surface area contributed by atoms with Crippen molar-refractivity contribution in [3.63, 3.8) is 0 Å². The van der Waals surface area contributed by atoms with E-state index in [0.29, 0.717) is 0 Å². The molecule has 0 aliphatic carbocycles. The molecule has 2 N–H and O–H groups in total. The van der Waals surface area contributed by atoms with Gasteiger partial charge in [-0.2, -0.15) is 0 Å². The molecule has 2 heteroatoms. The van der Waals surface area contributed by atoms with E-state index in [4.69, 9.17) is 0 Å². The highest BCUT2D eigenvalue weighted by atomic mass is 15.4. The first-order valence-electron chi connectivity index (χ1n) is 4.46. The second-order valence-electron chi connectivity index (χ2n) is 3.01. The molecule has 13 heavy (non-hydrogen) atoms. The van der Waals surface area contributed by atoms with Gasteiger partial charge in [-0.05, 0) is 25.0 Å². The van der Waals surface area contributed by atoms with Crippen LogP contribution in [0.2, 0.25) is 0 Å². The van der Waals surface area contributed by atoms with Crippen LogP contribution in [0.15, 0.2) is 36.5 Å². The average Bonchev–Trinajstić information content (AvgIpc) is 2.68. The van der Waals surface area contributed by atoms with Gasteiger partial charge < -0.3 is 5.43 Å².